The van der Waals surface area contributed by atoms with Gasteiger partial charge in [0.15, 0.2) is 11.6 Å². The van der Waals surface area contributed by atoms with Crippen LogP contribution in [0.3, 0.4) is 0 Å². The van der Waals surface area contributed by atoms with E-state index in [0.717, 1.165) is 32.3 Å². The second kappa shape index (κ2) is 4.85. The lowest BCUT2D eigenvalue weighted by atomic mass is 10.3. The minimum absolute atomic E-state index is 0.712. The van der Waals surface area contributed by atoms with Crippen LogP contribution in [0.2, 0.25) is 13.1 Å². The zero-order valence-corrected chi connectivity index (χ0v) is 11.0. The molecule has 0 unspecified atom stereocenters. The Hall–Kier alpha value is -1.15. The van der Waals surface area contributed by atoms with E-state index in [4.69, 9.17) is 0 Å². The van der Waals surface area contributed by atoms with Crippen LogP contribution in [0.25, 0.3) is 0 Å². The van der Waals surface area contributed by atoms with E-state index in [2.05, 4.69) is 4.43 Å². The van der Waals surface area contributed by atoms with Gasteiger partial charge < -0.3 is 4.43 Å². The Kier molecular flexibility index (Phi) is 4.01. The SMILES string of the molecule is CO[Si](C)(C)C(F)(F)N(F)c1cccc(F)c1F. The molecule has 8 heteroatoms. The average molecular weight is 285 g/mol. The van der Waals surface area contributed by atoms with Gasteiger partial charge in [-0.3, -0.25) is 0 Å². The summed E-state index contributed by atoms with van der Waals surface area (Å²) in [5, 5.41) is -1.07. The van der Waals surface area contributed by atoms with Gasteiger partial charge in [0, 0.05) is 7.11 Å². The van der Waals surface area contributed by atoms with Crippen LogP contribution < -0.4 is 5.12 Å². The zero-order valence-electron chi connectivity index (χ0n) is 9.98. The number of hydrogen-bond acceptors (Lipinski definition) is 2. The molecule has 0 spiro atoms. The predicted molar refractivity (Wildman–Crippen MR) is 59.4 cm³/mol. The number of halogens is 5. The van der Waals surface area contributed by atoms with Crippen LogP contribution in [-0.4, -0.2) is 21.1 Å². The number of alkyl halides is 2. The molecule has 0 amide bonds. The van der Waals surface area contributed by atoms with Gasteiger partial charge in [-0.25, -0.2) is 8.78 Å². The molecule has 102 valence electrons. The van der Waals surface area contributed by atoms with Crippen molar-refractivity contribution in [3.63, 3.8) is 0 Å². The highest BCUT2D eigenvalue weighted by atomic mass is 28.4. The molecule has 0 aliphatic heterocycles. The minimum atomic E-state index is -4.03. The molecule has 0 atom stereocenters. The number of benzene rings is 1. The van der Waals surface area contributed by atoms with Crippen LogP contribution in [-0.2, 0) is 4.43 Å². The zero-order chi connectivity index (χ0) is 14.1. The second-order valence-corrected chi connectivity index (χ2v) is 8.14. The van der Waals surface area contributed by atoms with E-state index in [-0.39, 0.29) is 0 Å². The summed E-state index contributed by atoms with van der Waals surface area (Å²) in [6.07, 6.45) is 0. The van der Waals surface area contributed by atoms with Crippen LogP contribution in [0.15, 0.2) is 18.2 Å². The van der Waals surface area contributed by atoms with Gasteiger partial charge in [-0.15, -0.1) is 5.12 Å². The molecular weight excluding hydrogens is 273 g/mol. The first-order valence-corrected chi connectivity index (χ1v) is 7.89. The monoisotopic (exact) mass is 285 g/mol. The molecule has 0 aliphatic rings. The molecule has 18 heavy (non-hydrogen) atoms. The molecule has 0 aliphatic carbocycles. The van der Waals surface area contributed by atoms with Crippen LogP contribution in [0.1, 0.15) is 0 Å². The number of hydrogen-bond donors (Lipinski definition) is 0. The van der Waals surface area contributed by atoms with Gasteiger partial charge in [0.25, 0.3) is 8.32 Å². The molecule has 2 nitrogen and oxygen atoms in total. The first-order chi connectivity index (χ1) is 8.15. The third-order valence-corrected chi connectivity index (χ3v) is 5.29. The molecule has 0 saturated heterocycles. The fourth-order valence-corrected chi connectivity index (χ4v) is 1.99. The standard InChI is InChI=1S/C10H12F5NOSi/c1-17-18(2,3)10(13,14)16(15)8-6-4-5-7(11)9(8)12/h4-6H,1-3H3. The van der Waals surface area contributed by atoms with E-state index in [9.17, 15) is 22.0 Å². The van der Waals surface area contributed by atoms with Crippen molar-refractivity contribution in [3.8, 4) is 0 Å². The average Bonchev–Trinajstić information content (AvgIpc) is 2.31. The fraction of sp³-hybridized carbons (Fsp3) is 0.400. The molecule has 0 fully saturated rings. The Morgan fingerprint density at radius 2 is 1.78 bits per heavy atom. The van der Waals surface area contributed by atoms with Gasteiger partial charge >= 0.3 is 5.67 Å². The quantitative estimate of drug-likeness (QED) is 0.362. The maximum absolute atomic E-state index is 13.8. The third kappa shape index (κ3) is 2.34. The molecular formula is C10H12F5NOSi. The highest BCUT2D eigenvalue weighted by Crippen LogP contribution is 2.37. The fourth-order valence-electron chi connectivity index (χ4n) is 1.15. The van der Waals surface area contributed by atoms with Crippen molar-refractivity contribution in [1.82, 2.24) is 0 Å². The van der Waals surface area contributed by atoms with Gasteiger partial charge in [0.2, 0.25) is 0 Å². The van der Waals surface area contributed by atoms with Crippen molar-refractivity contribution < 1.29 is 26.5 Å². The summed E-state index contributed by atoms with van der Waals surface area (Å²) in [7, 11) is -2.74. The summed E-state index contributed by atoms with van der Waals surface area (Å²) < 4.78 is 72.0. The van der Waals surface area contributed by atoms with Crippen LogP contribution in [0.5, 0.6) is 0 Å². The number of rotatable bonds is 4. The maximum atomic E-state index is 13.8. The van der Waals surface area contributed by atoms with Crippen molar-refractivity contribution in [1.29, 1.82) is 0 Å². The molecule has 1 aromatic rings. The highest BCUT2D eigenvalue weighted by Gasteiger charge is 2.57. The Labute approximate surface area is 102 Å². The Morgan fingerprint density at radius 3 is 2.28 bits per heavy atom. The predicted octanol–water partition coefficient (Wildman–Crippen LogP) is 3.64. The van der Waals surface area contributed by atoms with Gasteiger partial charge in [-0.05, 0) is 25.2 Å². The molecule has 0 heterocycles. The van der Waals surface area contributed by atoms with E-state index in [1.165, 1.54) is 0 Å². The topological polar surface area (TPSA) is 12.5 Å². The Morgan fingerprint density at radius 1 is 1.22 bits per heavy atom. The van der Waals surface area contributed by atoms with Crippen molar-refractivity contribution in [2.45, 2.75) is 18.8 Å². The lowest BCUT2D eigenvalue weighted by Crippen LogP contribution is -2.58. The highest BCUT2D eigenvalue weighted by molar-refractivity contribution is 6.74. The van der Waals surface area contributed by atoms with E-state index in [0.29, 0.717) is 6.07 Å². The van der Waals surface area contributed by atoms with Gasteiger partial charge in [0.1, 0.15) is 5.69 Å². The summed E-state index contributed by atoms with van der Waals surface area (Å²) in [5.74, 6) is -3.07. The summed E-state index contributed by atoms with van der Waals surface area (Å²) in [6.45, 7) is 2.13. The van der Waals surface area contributed by atoms with Crippen LogP contribution >= 0.6 is 0 Å². The first kappa shape index (κ1) is 14.9. The minimum Gasteiger partial charge on any atom is -0.412 e. The van der Waals surface area contributed by atoms with Crippen LogP contribution in [0.4, 0.5) is 27.7 Å². The molecule has 0 radical (unpaired) electrons. The lowest BCUT2D eigenvalue weighted by molar-refractivity contribution is 0.0113. The van der Waals surface area contributed by atoms with Gasteiger partial charge in [0.05, 0.1) is 0 Å². The van der Waals surface area contributed by atoms with Gasteiger partial charge in [-0.2, -0.15) is 8.78 Å². The van der Waals surface area contributed by atoms with E-state index < -0.39 is 36.4 Å². The second-order valence-electron chi connectivity index (χ2n) is 4.11. The van der Waals surface area contributed by atoms with E-state index >= 15 is 0 Å². The largest absolute Gasteiger partial charge is 0.412 e. The third-order valence-electron chi connectivity index (χ3n) is 2.62. The molecule has 0 aromatic heterocycles. The lowest BCUT2D eigenvalue weighted by Gasteiger charge is -2.34. The van der Waals surface area contributed by atoms with Gasteiger partial charge in [-0.1, -0.05) is 10.5 Å². The van der Waals surface area contributed by atoms with Crippen molar-refractivity contribution in [3.05, 3.63) is 29.8 Å². The Bertz CT molecular complexity index is 440. The molecule has 0 saturated carbocycles. The number of nitrogens with zero attached hydrogens (tertiary/aromatic N) is 1. The van der Waals surface area contributed by atoms with Crippen LogP contribution in [0, 0.1) is 11.6 Å². The Balaban J connectivity index is 3.22. The summed E-state index contributed by atoms with van der Waals surface area (Å²) in [5.41, 5.74) is -5.19. The molecule has 0 N–H and O–H groups in total. The summed E-state index contributed by atoms with van der Waals surface area (Å²) in [4.78, 5) is 0. The van der Waals surface area contributed by atoms with E-state index in [1.807, 2.05) is 0 Å². The molecule has 1 rings (SSSR count). The van der Waals surface area contributed by atoms with Crippen molar-refractivity contribution in [2.24, 2.45) is 0 Å². The molecule has 0 bridgehead atoms. The maximum Gasteiger partial charge on any atom is 0.352 e. The first-order valence-electron chi connectivity index (χ1n) is 4.98. The molecule has 1 aromatic carbocycles. The normalized spacial score (nSPS) is 12.7. The summed E-state index contributed by atoms with van der Waals surface area (Å²) in [6, 6.07) is 2.38. The van der Waals surface area contributed by atoms with Crippen molar-refractivity contribution >= 4 is 14.0 Å². The van der Waals surface area contributed by atoms with Crippen molar-refractivity contribution in [2.75, 3.05) is 12.2 Å². The number of anilines is 1. The summed E-state index contributed by atoms with van der Waals surface area (Å²) >= 11 is 0. The smallest absolute Gasteiger partial charge is 0.352 e. The van der Waals surface area contributed by atoms with E-state index in [1.54, 1.807) is 0 Å².